The van der Waals surface area contributed by atoms with E-state index in [4.69, 9.17) is 16.1 Å². The van der Waals surface area contributed by atoms with Crippen molar-refractivity contribution < 1.29 is 9.32 Å². The molecule has 0 aliphatic heterocycles. The first-order chi connectivity index (χ1) is 11.6. The zero-order valence-corrected chi connectivity index (χ0v) is 13.7. The number of carbonyl (C=O) groups excluding carboxylic acids is 1. The molecular weight excluding hydrogens is 328 g/mol. The molecule has 0 saturated carbocycles. The Kier molecular flexibility index (Phi) is 4.86. The Labute approximate surface area is 143 Å². The maximum absolute atomic E-state index is 12.0. The van der Waals surface area contributed by atoms with Crippen molar-refractivity contribution in [3.63, 3.8) is 0 Å². The van der Waals surface area contributed by atoms with Crippen LogP contribution in [0.3, 0.4) is 0 Å². The van der Waals surface area contributed by atoms with Crippen molar-refractivity contribution in [2.75, 3.05) is 5.32 Å². The van der Waals surface area contributed by atoms with Crippen LogP contribution < -0.4 is 5.32 Å². The van der Waals surface area contributed by atoms with Gasteiger partial charge in [0.15, 0.2) is 0 Å². The summed E-state index contributed by atoms with van der Waals surface area (Å²) in [6, 6.07) is 12.7. The number of nitrogens with zero attached hydrogens (tertiary/aromatic N) is 3. The molecule has 0 aliphatic rings. The van der Waals surface area contributed by atoms with Crippen molar-refractivity contribution in [3.8, 4) is 11.4 Å². The molecule has 24 heavy (non-hydrogen) atoms. The number of aromatic nitrogens is 3. The summed E-state index contributed by atoms with van der Waals surface area (Å²) in [5.74, 6) is 1.17. The molecule has 7 heteroatoms. The van der Waals surface area contributed by atoms with E-state index >= 15 is 0 Å². The van der Waals surface area contributed by atoms with E-state index in [1.807, 2.05) is 37.3 Å². The van der Waals surface area contributed by atoms with Crippen LogP contribution in [0, 0.1) is 6.92 Å². The second kappa shape index (κ2) is 7.23. The lowest BCUT2D eigenvalue weighted by molar-refractivity contribution is -0.116. The van der Waals surface area contributed by atoms with Gasteiger partial charge in [-0.05, 0) is 31.2 Å². The number of nitrogens with one attached hydrogen (secondary N) is 1. The third-order valence-electron chi connectivity index (χ3n) is 3.30. The lowest BCUT2D eigenvalue weighted by Crippen LogP contribution is -2.13. The summed E-state index contributed by atoms with van der Waals surface area (Å²) in [6.07, 6.45) is 0.564. The molecule has 0 fully saturated rings. The predicted octanol–water partition coefficient (Wildman–Crippen LogP) is 3.66. The molecule has 0 saturated heterocycles. The zero-order chi connectivity index (χ0) is 16.9. The van der Waals surface area contributed by atoms with Gasteiger partial charge in [-0.15, -0.1) is 0 Å². The van der Waals surface area contributed by atoms with E-state index in [-0.39, 0.29) is 12.3 Å². The van der Waals surface area contributed by atoms with Gasteiger partial charge < -0.3 is 9.84 Å². The number of carbonyl (C=O) groups is 1. The Bertz CT molecular complexity index is 863. The maximum atomic E-state index is 12.0. The van der Waals surface area contributed by atoms with E-state index in [9.17, 15) is 4.79 Å². The number of hydrogen-bond donors (Lipinski definition) is 1. The molecule has 6 nitrogen and oxygen atoms in total. The molecule has 3 aromatic rings. The first kappa shape index (κ1) is 16.1. The summed E-state index contributed by atoms with van der Waals surface area (Å²) in [5, 5.41) is 7.19. The smallest absolute Gasteiger partial charge is 0.227 e. The Morgan fingerprint density at radius 1 is 1.17 bits per heavy atom. The van der Waals surface area contributed by atoms with E-state index in [0.29, 0.717) is 34.5 Å². The van der Waals surface area contributed by atoms with Crippen LogP contribution in [0.5, 0.6) is 0 Å². The van der Waals surface area contributed by atoms with Gasteiger partial charge >= 0.3 is 0 Å². The van der Waals surface area contributed by atoms with Crippen molar-refractivity contribution in [2.24, 2.45) is 0 Å². The Balaban J connectivity index is 1.59. The molecule has 3 rings (SSSR count). The second-order valence-corrected chi connectivity index (χ2v) is 5.61. The minimum absolute atomic E-state index is 0.161. The summed E-state index contributed by atoms with van der Waals surface area (Å²) in [6.45, 7) is 1.87. The zero-order valence-electron chi connectivity index (χ0n) is 13.0. The van der Waals surface area contributed by atoms with Crippen molar-refractivity contribution in [2.45, 2.75) is 19.8 Å². The number of amides is 1. The summed E-state index contributed by atoms with van der Waals surface area (Å²) in [7, 11) is 0. The standard InChI is InChI=1S/C17H15ClN4O2/c1-11-5-4-8-14(19-11)20-15(23)9-10-16-21-17(22-24-16)12-6-2-3-7-13(12)18/h2-8H,9-10H2,1H3,(H,19,20,23). The van der Waals surface area contributed by atoms with Crippen molar-refractivity contribution in [3.05, 3.63) is 59.1 Å². The lowest BCUT2D eigenvalue weighted by atomic mass is 10.2. The van der Waals surface area contributed by atoms with E-state index in [0.717, 1.165) is 5.69 Å². The van der Waals surface area contributed by atoms with Crippen LogP contribution in [0.15, 0.2) is 47.0 Å². The van der Waals surface area contributed by atoms with Gasteiger partial charge in [0.25, 0.3) is 0 Å². The fraction of sp³-hybridized carbons (Fsp3) is 0.176. The van der Waals surface area contributed by atoms with Crippen LogP contribution >= 0.6 is 11.6 Å². The molecule has 0 spiro atoms. The maximum Gasteiger partial charge on any atom is 0.227 e. The topological polar surface area (TPSA) is 80.9 Å². The Hall–Kier alpha value is -2.73. The highest BCUT2D eigenvalue weighted by molar-refractivity contribution is 6.33. The molecule has 0 aliphatic carbocycles. The summed E-state index contributed by atoms with van der Waals surface area (Å²) in [5.41, 5.74) is 1.54. The number of aryl methyl sites for hydroxylation is 2. The quantitative estimate of drug-likeness (QED) is 0.765. The molecule has 122 valence electrons. The van der Waals surface area contributed by atoms with Crippen LogP contribution in [0.1, 0.15) is 18.0 Å². The minimum atomic E-state index is -0.161. The number of pyridine rings is 1. The van der Waals surface area contributed by atoms with E-state index in [1.165, 1.54) is 0 Å². The SMILES string of the molecule is Cc1cccc(NC(=O)CCc2nc(-c3ccccc3Cl)no2)n1. The Morgan fingerprint density at radius 3 is 2.79 bits per heavy atom. The second-order valence-electron chi connectivity index (χ2n) is 5.20. The van der Waals surface area contributed by atoms with E-state index < -0.39 is 0 Å². The number of benzene rings is 1. The third kappa shape index (κ3) is 3.97. The van der Waals surface area contributed by atoms with Gasteiger partial charge in [-0.25, -0.2) is 4.98 Å². The molecule has 0 atom stereocenters. The van der Waals surface area contributed by atoms with Crippen LogP contribution in [-0.2, 0) is 11.2 Å². The van der Waals surface area contributed by atoms with Gasteiger partial charge in [-0.3, -0.25) is 4.79 Å². The fourth-order valence-corrected chi connectivity index (χ4v) is 2.37. The van der Waals surface area contributed by atoms with Crippen LogP contribution in [-0.4, -0.2) is 21.0 Å². The largest absolute Gasteiger partial charge is 0.339 e. The average Bonchev–Trinajstić information content (AvgIpc) is 3.02. The molecule has 2 heterocycles. The average molecular weight is 343 g/mol. The van der Waals surface area contributed by atoms with E-state index in [1.54, 1.807) is 12.1 Å². The van der Waals surface area contributed by atoms with Crippen molar-refractivity contribution in [1.82, 2.24) is 15.1 Å². The first-order valence-electron chi connectivity index (χ1n) is 7.43. The normalized spacial score (nSPS) is 10.6. The number of rotatable bonds is 5. The lowest BCUT2D eigenvalue weighted by Gasteiger charge is -2.03. The minimum Gasteiger partial charge on any atom is -0.339 e. The van der Waals surface area contributed by atoms with Crippen LogP contribution in [0.2, 0.25) is 5.02 Å². The summed E-state index contributed by atoms with van der Waals surface area (Å²) >= 11 is 6.11. The van der Waals surface area contributed by atoms with Gasteiger partial charge in [0.2, 0.25) is 17.6 Å². The number of halogens is 1. The fourth-order valence-electron chi connectivity index (χ4n) is 2.15. The highest BCUT2D eigenvalue weighted by atomic mass is 35.5. The Morgan fingerprint density at radius 2 is 2.00 bits per heavy atom. The molecule has 2 aromatic heterocycles. The summed E-state index contributed by atoms with van der Waals surface area (Å²) < 4.78 is 5.18. The third-order valence-corrected chi connectivity index (χ3v) is 3.63. The van der Waals surface area contributed by atoms with Gasteiger partial charge in [0, 0.05) is 24.1 Å². The highest BCUT2D eigenvalue weighted by Crippen LogP contribution is 2.25. The van der Waals surface area contributed by atoms with Crippen molar-refractivity contribution in [1.29, 1.82) is 0 Å². The first-order valence-corrected chi connectivity index (χ1v) is 7.80. The molecule has 1 N–H and O–H groups in total. The van der Waals surface area contributed by atoms with Gasteiger partial charge in [0.05, 0.1) is 5.02 Å². The molecule has 0 bridgehead atoms. The number of hydrogen-bond acceptors (Lipinski definition) is 5. The van der Waals surface area contributed by atoms with Gasteiger partial charge in [-0.1, -0.05) is 35.0 Å². The number of anilines is 1. The molecule has 1 aromatic carbocycles. The van der Waals surface area contributed by atoms with Crippen LogP contribution in [0.25, 0.3) is 11.4 Å². The van der Waals surface area contributed by atoms with Gasteiger partial charge in [0.1, 0.15) is 5.82 Å². The highest BCUT2D eigenvalue weighted by Gasteiger charge is 2.13. The van der Waals surface area contributed by atoms with Crippen molar-refractivity contribution >= 4 is 23.3 Å². The van der Waals surface area contributed by atoms with Crippen LogP contribution in [0.4, 0.5) is 5.82 Å². The monoisotopic (exact) mass is 342 g/mol. The summed E-state index contributed by atoms with van der Waals surface area (Å²) in [4.78, 5) is 20.5. The van der Waals surface area contributed by atoms with E-state index in [2.05, 4.69) is 20.4 Å². The molecule has 1 amide bonds. The van der Waals surface area contributed by atoms with Gasteiger partial charge in [-0.2, -0.15) is 4.98 Å². The molecule has 0 unspecified atom stereocenters. The molecular formula is C17H15ClN4O2. The predicted molar refractivity (Wildman–Crippen MR) is 90.7 cm³/mol. The molecule has 0 radical (unpaired) electrons.